The molecule has 126 valence electrons. The summed E-state index contributed by atoms with van der Waals surface area (Å²) in [6, 6.07) is 8.23. The van der Waals surface area contributed by atoms with Crippen molar-refractivity contribution in [2.24, 2.45) is 16.8 Å². The van der Waals surface area contributed by atoms with Crippen LogP contribution >= 0.6 is 0 Å². The van der Waals surface area contributed by atoms with Crippen molar-refractivity contribution in [2.45, 2.75) is 40.5 Å². The van der Waals surface area contributed by atoms with E-state index >= 15 is 0 Å². The van der Waals surface area contributed by atoms with E-state index in [1.54, 1.807) is 0 Å². The van der Waals surface area contributed by atoms with Crippen LogP contribution in [0.4, 0.5) is 0 Å². The Morgan fingerprint density at radius 2 is 2.09 bits per heavy atom. The van der Waals surface area contributed by atoms with E-state index in [0.717, 1.165) is 55.4 Å². The highest BCUT2D eigenvalue weighted by atomic mass is 16.5. The second-order valence-corrected chi connectivity index (χ2v) is 6.27. The molecule has 23 heavy (non-hydrogen) atoms. The van der Waals surface area contributed by atoms with Gasteiger partial charge in [0.1, 0.15) is 5.75 Å². The van der Waals surface area contributed by atoms with E-state index in [1.807, 2.05) is 19.1 Å². The highest BCUT2D eigenvalue weighted by Gasteiger charge is 2.22. The number of ether oxygens (including phenoxy) is 2. The number of hydrogen-bond donors (Lipinski definition) is 0. The first kappa shape index (κ1) is 17.7. The van der Waals surface area contributed by atoms with Crippen LogP contribution in [0, 0.1) is 11.8 Å². The Bertz CT molecular complexity index is 545. The molecule has 3 heteroatoms. The standard InChI is InChI=1S/C20H29NO2/c1-5-19(6-2)21-16(4)17-7-9-20(10-8-17)23-14-18-13-22-12-11-15(18)3/h5,7-10,15,18H,6,11-14H2,1-4H3/b19-5-,21-16?/t15?,18-/m1/s1. The third kappa shape index (κ3) is 5.21. The van der Waals surface area contributed by atoms with Crippen LogP contribution in [0.2, 0.25) is 0 Å². The molecule has 0 saturated carbocycles. The molecule has 0 aromatic heterocycles. The molecule has 0 amide bonds. The van der Waals surface area contributed by atoms with E-state index < -0.39 is 0 Å². The molecule has 0 aliphatic carbocycles. The Hall–Kier alpha value is -1.61. The van der Waals surface area contributed by atoms with E-state index in [4.69, 9.17) is 9.47 Å². The van der Waals surface area contributed by atoms with Crippen LogP contribution in [-0.4, -0.2) is 25.5 Å². The normalized spacial score (nSPS) is 23.0. The van der Waals surface area contributed by atoms with Crippen molar-refractivity contribution in [3.63, 3.8) is 0 Å². The van der Waals surface area contributed by atoms with Crippen LogP contribution in [-0.2, 0) is 4.74 Å². The lowest BCUT2D eigenvalue weighted by Crippen LogP contribution is -2.30. The van der Waals surface area contributed by atoms with Gasteiger partial charge in [0.05, 0.1) is 13.2 Å². The Balaban J connectivity index is 1.94. The van der Waals surface area contributed by atoms with Gasteiger partial charge in [-0.2, -0.15) is 0 Å². The summed E-state index contributed by atoms with van der Waals surface area (Å²) in [5.41, 5.74) is 3.30. The van der Waals surface area contributed by atoms with Gasteiger partial charge >= 0.3 is 0 Å². The zero-order chi connectivity index (χ0) is 16.7. The topological polar surface area (TPSA) is 30.8 Å². The molecule has 1 aliphatic heterocycles. The van der Waals surface area contributed by atoms with Gasteiger partial charge in [0.25, 0.3) is 0 Å². The fourth-order valence-electron chi connectivity index (χ4n) is 2.74. The van der Waals surface area contributed by atoms with Crippen molar-refractivity contribution in [3.05, 3.63) is 41.6 Å². The molecular formula is C20H29NO2. The van der Waals surface area contributed by atoms with Gasteiger partial charge in [-0.1, -0.05) is 19.9 Å². The summed E-state index contributed by atoms with van der Waals surface area (Å²) in [6.45, 7) is 10.9. The summed E-state index contributed by atoms with van der Waals surface area (Å²) in [7, 11) is 0. The number of benzene rings is 1. The van der Waals surface area contributed by atoms with Crippen molar-refractivity contribution in [3.8, 4) is 5.75 Å². The molecule has 0 bridgehead atoms. The van der Waals surface area contributed by atoms with Crippen LogP contribution in [0.5, 0.6) is 5.75 Å². The van der Waals surface area contributed by atoms with E-state index in [1.165, 1.54) is 0 Å². The van der Waals surface area contributed by atoms with Gasteiger partial charge < -0.3 is 9.47 Å². The molecule has 0 radical (unpaired) electrons. The molecule has 1 saturated heterocycles. The molecule has 1 heterocycles. The van der Waals surface area contributed by atoms with Gasteiger partial charge in [0, 0.05) is 23.9 Å². The molecule has 0 N–H and O–H groups in total. The zero-order valence-electron chi connectivity index (χ0n) is 14.8. The van der Waals surface area contributed by atoms with E-state index in [0.29, 0.717) is 11.8 Å². The number of hydrogen-bond acceptors (Lipinski definition) is 3. The van der Waals surface area contributed by atoms with Crippen LogP contribution in [0.1, 0.15) is 46.1 Å². The first-order chi connectivity index (χ1) is 11.1. The summed E-state index contributed by atoms with van der Waals surface area (Å²) >= 11 is 0. The van der Waals surface area contributed by atoms with Crippen LogP contribution in [0.3, 0.4) is 0 Å². The maximum Gasteiger partial charge on any atom is 0.119 e. The molecule has 2 atom stereocenters. The molecule has 1 unspecified atom stereocenters. The largest absolute Gasteiger partial charge is 0.493 e. The first-order valence-electron chi connectivity index (χ1n) is 8.65. The second-order valence-electron chi connectivity index (χ2n) is 6.27. The Morgan fingerprint density at radius 1 is 1.35 bits per heavy atom. The van der Waals surface area contributed by atoms with Crippen molar-refractivity contribution in [2.75, 3.05) is 19.8 Å². The highest BCUT2D eigenvalue weighted by molar-refractivity contribution is 5.99. The molecule has 2 rings (SSSR count). The van der Waals surface area contributed by atoms with Gasteiger partial charge in [0.2, 0.25) is 0 Å². The quantitative estimate of drug-likeness (QED) is 0.702. The lowest BCUT2D eigenvalue weighted by molar-refractivity contribution is 0.00349. The summed E-state index contributed by atoms with van der Waals surface area (Å²) < 4.78 is 11.5. The molecule has 1 aromatic carbocycles. The predicted octanol–water partition coefficient (Wildman–Crippen LogP) is 4.86. The third-order valence-electron chi connectivity index (χ3n) is 4.60. The number of rotatable bonds is 6. The fraction of sp³-hybridized carbons (Fsp3) is 0.550. The predicted molar refractivity (Wildman–Crippen MR) is 96.3 cm³/mol. The van der Waals surface area contributed by atoms with Crippen molar-refractivity contribution in [1.29, 1.82) is 0 Å². The lowest BCUT2D eigenvalue weighted by Gasteiger charge is -2.28. The number of nitrogens with zero attached hydrogens (tertiary/aromatic N) is 1. The molecule has 1 aliphatic rings. The minimum absolute atomic E-state index is 0.494. The van der Waals surface area contributed by atoms with Gasteiger partial charge in [0.15, 0.2) is 0 Å². The fourth-order valence-corrected chi connectivity index (χ4v) is 2.74. The maximum absolute atomic E-state index is 5.94. The minimum atomic E-state index is 0.494. The Labute approximate surface area is 140 Å². The summed E-state index contributed by atoms with van der Waals surface area (Å²) in [5, 5.41) is 0. The number of aliphatic imine (C=N–C) groups is 1. The Morgan fingerprint density at radius 3 is 2.70 bits per heavy atom. The van der Waals surface area contributed by atoms with Gasteiger partial charge in [-0.25, -0.2) is 0 Å². The summed E-state index contributed by atoms with van der Waals surface area (Å²) in [6.07, 6.45) is 4.15. The molecule has 3 nitrogen and oxygen atoms in total. The monoisotopic (exact) mass is 315 g/mol. The highest BCUT2D eigenvalue weighted by Crippen LogP contribution is 2.23. The zero-order valence-corrected chi connectivity index (χ0v) is 14.8. The number of allylic oxidation sites excluding steroid dienone is 2. The van der Waals surface area contributed by atoms with E-state index in [2.05, 4.69) is 44.0 Å². The molecular weight excluding hydrogens is 286 g/mol. The molecule has 0 spiro atoms. The molecule has 1 aromatic rings. The average Bonchev–Trinajstić information content (AvgIpc) is 2.59. The second kappa shape index (κ2) is 8.88. The van der Waals surface area contributed by atoms with Crippen LogP contribution in [0.25, 0.3) is 0 Å². The lowest BCUT2D eigenvalue weighted by atomic mass is 9.91. The molecule has 1 fully saturated rings. The van der Waals surface area contributed by atoms with Crippen molar-refractivity contribution < 1.29 is 9.47 Å². The van der Waals surface area contributed by atoms with E-state index in [-0.39, 0.29) is 0 Å². The smallest absolute Gasteiger partial charge is 0.119 e. The van der Waals surface area contributed by atoms with Crippen LogP contribution in [0.15, 0.2) is 41.0 Å². The van der Waals surface area contributed by atoms with E-state index in [9.17, 15) is 0 Å². The van der Waals surface area contributed by atoms with Gasteiger partial charge in [-0.3, -0.25) is 4.99 Å². The SMILES string of the molecule is C/C=C(/CC)N=C(C)c1ccc(OC[C@H]2COCCC2C)cc1. The average molecular weight is 315 g/mol. The maximum atomic E-state index is 5.94. The van der Waals surface area contributed by atoms with Gasteiger partial charge in [-0.05, 0) is 62.4 Å². The minimum Gasteiger partial charge on any atom is -0.493 e. The van der Waals surface area contributed by atoms with Crippen LogP contribution < -0.4 is 4.74 Å². The summed E-state index contributed by atoms with van der Waals surface area (Å²) in [4.78, 5) is 4.66. The first-order valence-corrected chi connectivity index (χ1v) is 8.65. The summed E-state index contributed by atoms with van der Waals surface area (Å²) in [5.74, 6) is 2.08. The van der Waals surface area contributed by atoms with Gasteiger partial charge in [-0.15, -0.1) is 0 Å². The Kier molecular flexibility index (Phi) is 6.85. The van der Waals surface area contributed by atoms with Crippen molar-refractivity contribution >= 4 is 5.71 Å². The third-order valence-corrected chi connectivity index (χ3v) is 4.60. The van der Waals surface area contributed by atoms with Crippen molar-refractivity contribution in [1.82, 2.24) is 0 Å².